The molecule has 0 heterocycles. The maximum atomic E-state index is 11.4. The standard InChI is InChI=1S/C10H12BrClN2O2/c1-6(5-15)13-10(16)14-8-4-2-3-7(12)9(8)11/h2-4,6,15H,5H2,1H3,(H2,13,14,16)/t6-/m0/s1. The second-order valence-electron chi connectivity index (χ2n) is 3.28. The Morgan fingerprint density at radius 3 is 2.94 bits per heavy atom. The fraction of sp³-hybridized carbons (Fsp3) is 0.300. The molecule has 1 aromatic carbocycles. The van der Waals surface area contributed by atoms with Gasteiger partial charge >= 0.3 is 6.03 Å². The van der Waals surface area contributed by atoms with Gasteiger partial charge in [-0.25, -0.2) is 4.79 Å². The predicted octanol–water partition coefficient (Wildman–Crippen LogP) is 2.60. The summed E-state index contributed by atoms with van der Waals surface area (Å²) in [6.07, 6.45) is 0. The van der Waals surface area contributed by atoms with Crippen molar-refractivity contribution in [3.63, 3.8) is 0 Å². The number of aliphatic hydroxyl groups is 1. The predicted molar refractivity (Wildman–Crippen MR) is 67.9 cm³/mol. The van der Waals surface area contributed by atoms with E-state index in [0.29, 0.717) is 15.2 Å². The summed E-state index contributed by atoms with van der Waals surface area (Å²) in [6.45, 7) is 1.59. The van der Waals surface area contributed by atoms with Gasteiger partial charge in [-0.2, -0.15) is 0 Å². The fourth-order valence-electron chi connectivity index (χ4n) is 1.03. The largest absolute Gasteiger partial charge is 0.394 e. The Labute approximate surface area is 107 Å². The summed E-state index contributed by atoms with van der Waals surface area (Å²) in [5, 5.41) is 14.5. The van der Waals surface area contributed by atoms with Gasteiger partial charge < -0.3 is 15.7 Å². The number of hydrogen-bond acceptors (Lipinski definition) is 2. The number of halogens is 2. The van der Waals surface area contributed by atoms with Gasteiger partial charge in [-0.15, -0.1) is 0 Å². The van der Waals surface area contributed by atoms with Crippen LogP contribution in [0.2, 0.25) is 5.02 Å². The van der Waals surface area contributed by atoms with Gasteiger partial charge in [0.15, 0.2) is 0 Å². The minimum absolute atomic E-state index is 0.107. The van der Waals surface area contributed by atoms with Crippen LogP contribution in [0.1, 0.15) is 6.92 Å². The molecule has 1 aromatic rings. The first-order valence-corrected chi connectivity index (χ1v) is 5.84. The molecular weight excluding hydrogens is 295 g/mol. The highest BCUT2D eigenvalue weighted by atomic mass is 79.9. The molecule has 0 aromatic heterocycles. The van der Waals surface area contributed by atoms with E-state index in [2.05, 4.69) is 26.6 Å². The summed E-state index contributed by atoms with van der Waals surface area (Å²) in [7, 11) is 0. The van der Waals surface area contributed by atoms with Crippen molar-refractivity contribution in [1.29, 1.82) is 0 Å². The molecule has 0 aliphatic carbocycles. The van der Waals surface area contributed by atoms with Gasteiger partial charge in [0.1, 0.15) is 0 Å². The summed E-state index contributed by atoms with van der Waals surface area (Å²) in [4.78, 5) is 11.4. The van der Waals surface area contributed by atoms with Crippen LogP contribution in [0.5, 0.6) is 0 Å². The molecule has 88 valence electrons. The number of amides is 2. The molecule has 0 radical (unpaired) electrons. The van der Waals surface area contributed by atoms with E-state index in [1.807, 2.05) is 0 Å². The maximum absolute atomic E-state index is 11.4. The lowest BCUT2D eigenvalue weighted by atomic mass is 10.3. The number of benzene rings is 1. The second kappa shape index (κ2) is 6.08. The van der Waals surface area contributed by atoms with E-state index in [1.54, 1.807) is 25.1 Å². The van der Waals surface area contributed by atoms with Crippen LogP contribution >= 0.6 is 27.5 Å². The molecule has 6 heteroatoms. The van der Waals surface area contributed by atoms with Gasteiger partial charge in [-0.05, 0) is 35.0 Å². The normalized spacial score (nSPS) is 12.0. The quantitative estimate of drug-likeness (QED) is 0.804. The molecule has 0 unspecified atom stereocenters. The van der Waals surface area contributed by atoms with Crippen molar-refractivity contribution in [3.8, 4) is 0 Å². The molecule has 0 aliphatic heterocycles. The van der Waals surface area contributed by atoms with Crippen LogP contribution in [-0.2, 0) is 0 Å². The molecule has 0 aliphatic rings. The average molecular weight is 308 g/mol. The summed E-state index contributed by atoms with van der Waals surface area (Å²) < 4.78 is 0.628. The van der Waals surface area contributed by atoms with Crippen LogP contribution < -0.4 is 10.6 Å². The van der Waals surface area contributed by atoms with E-state index < -0.39 is 0 Å². The van der Waals surface area contributed by atoms with Gasteiger partial charge in [0.2, 0.25) is 0 Å². The molecule has 0 saturated heterocycles. The summed E-state index contributed by atoms with van der Waals surface area (Å²) in [5.74, 6) is 0. The fourth-order valence-corrected chi connectivity index (χ4v) is 1.57. The molecule has 4 nitrogen and oxygen atoms in total. The van der Waals surface area contributed by atoms with Crippen LogP contribution in [0, 0.1) is 0 Å². The molecule has 0 fully saturated rings. The number of hydrogen-bond donors (Lipinski definition) is 3. The maximum Gasteiger partial charge on any atom is 0.319 e. The van der Waals surface area contributed by atoms with Crippen molar-refractivity contribution >= 4 is 39.2 Å². The molecule has 0 bridgehead atoms. The van der Waals surface area contributed by atoms with Crippen LogP contribution in [0.4, 0.5) is 10.5 Å². The third kappa shape index (κ3) is 3.66. The van der Waals surface area contributed by atoms with E-state index in [-0.39, 0.29) is 18.7 Å². The van der Waals surface area contributed by atoms with Crippen molar-refractivity contribution in [2.24, 2.45) is 0 Å². The number of urea groups is 1. The lowest BCUT2D eigenvalue weighted by Gasteiger charge is -2.13. The summed E-state index contributed by atoms with van der Waals surface area (Å²) >= 11 is 9.14. The number of aliphatic hydroxyl groups excluding tert-OH is 1. The van der Waals surface area contributed by atoms with Gasteiger partial charge in [0, 0.05) is 0 Å². The molecule has 1 atom stereocenters. The minimum atomic E-state index is -0.385. The molecule has 0 saturated carbocycles. The Balaban J connectivity index is 2.66. The minimum Gasteiger partial charge on any atom is -0.394 e. The first-order valence-electron chi connectivity index (χ1n) is 4.67. The highest BCUT2D eigenvalue weighted by Gasteiger charge is 2.09. The number of carbonyl (C=O) groups is 1. The van der Waals surface area contributed by atoms with Gasteiger partial charge in [-0.1, -0.05) is 17.7 Å². The third-order valence-corrected chi connectivity index (χ3v) is 3.25. The molecule has 2 amide bonds. The van der Waals surface area contributed by atoms with E-state index in [9.17, 15) is 4.79 Å². The Morgan fingerprint density at radius 2 is 2.31 bits per heavy atom. The monoisotopic (exact) mass is 306 g/mol. The zero-order valence-corrected chi connectivity index (χ0v) is 11.0. The Kier molecular flexibility index (Phi) is 5.05. The van der Waals surface area contributed by atoms with Crippen LogP contribution in [-0.4, -0.2) is 23.8 Å². The first-order chi connectivity index (χ1) is 7.54. The van der Waals surface area contributed by atoms with Crippen molar-refractivity contribution in [3.05, 3.63) is 27.7 Å². The van der Waals surface area contributed by atoms with Crippen LogP contribution in [0.15, 0.2) is 22.7 Å². The van der Waals surface area contributed by atoms with Crippen molar-refractivity contribution in [2.75, 3.05) is 11.9 Å². The first kappa shape index (κ1) is 13.3. The van der Waals surface area contributed by atoms with Crippen LogP contribution in [0.25, 0.3) is 0 Å². The van der Waals surface area contributed by atoms with Gasteiger partial charge in [0.05, 0.1) is 27.8 Å². The number of nitrogens with one attached hydrogen (secondary N) is 2. The van der Waals surface area contributed by atoms with E-state index >= 15 is 0 Å². The molecule has 3 N–H and O–H groups in total. The van der Waals surface area contributed by atoms with E-state index in [1.165, 1.54) is 0 Å². The Hall–Kier alpha value is -0.780. The number of anilines is 1. The zero-order valence-electron chi connectivity index (χ0n) is 8.63. The lowest BCUT2D eigenvalue weighted by molar-refractivity contribution is 0.229. The second-order valence-corrected chi connectivity index (χ2v) is 4.48. The van der Waals surface area contributed by atoms with Crippen LogP contribution in [0.3, 0.4) is 0 Å². The van der Waals surface area contributed by atoms with Crippen molar-refractivity contribution in [1.82, 2.24) is 5.32 Å². The molecule has 0 spiro atoms. The Morgan fingerprint density at radius 1 is 1.62 bits per heavy atom. The van der Waals surface area contributed by atoms with E-state index in [4.69, 9.17) is 16.7 Å². The van der Waals surface area contributed by atoms with E-state index in [0.717, 1.165) is 0 Å². The topological polar surface area (TPSA) is 61.4 Å². The number of carbonyl (C=O) groups excluding carboxylic acids is 1. The van der Waals surface area contributed by atoms with Crippen molar-refractivity contribution in [2.45, 2.75) is 13.0 Å². The lowest BCUT2D eigenvalue weighted by Crippen LogP contribution is -2.38. The summed E-state index contributed by atoms with van der Waals surface area (Å²) in [5.41, 5.74) is 0.579. The highest BCUT2D eigenvalue weighted by Crippen LogP contribution is 2.29. The summed E-state index contributed by atoms with van der Waals surface area (Å²) in [6, 6.07) is 4.49. The SMILES string of the molecule is C[C@@H](CO)NC(=O)Nc1cccc(Cl)c1Br. The smallest absolute Gasteiger partial charge is 0.319 e. The van der Waals surface area contributed by atoms with Gasteiger partial charge in [0.25, 0.3) is 0 Å². The Bertz CT molecular complexity index is 387. The zero-order chi connectivity index (χ0) is 12.1. The number of rotatable bonds is 3. The molecule has 1 rings (SSSR count). The molecular formula is C10H12BrClN2O2. The average Bonchev–Trinajstić information content (AvgIpc) is 2.24. The van der Waals surface area contributed by atoms with Crippen molar-refractivity contribution < 1.29 is 9.90 Å². The third-order valence-electron chi connectivity index (χ3n) is 1.85. The molecule has 16 heavy (non-hydrogen) atoms. The highest BCUT2D eigenvalue weighted by molar-refractivity contribution is 9.10. The van der Waals surface area contributed by atoms with Gasteiger partial charge in [-0.3, -0.25) is 0 Å².